The van der Waals surface area contributed by atoms with E-state index in [4.69, 9.17) is 4.74 Å². The summed E-state index contributed by atoms with van der Waals surface area (Å²) in [5, 5.41) is 18.5. The minimum atomic E-state index is 0.319. The van der Waals surface area contributed by atoms with Crippen molar-refractivity contribution in [2.24, 2.45) is 70.5 Å². The average molecular weight is 656 g/mol. The first kappa shape index (κ1) is 32.1. The molecule has 0 radical (unpaired) electrons. The van der Waals surface area contributed by atoms with E-state index in [1.807, 2.05) is 0 Å². The van der Waals surface area contributed by atoms with E-state index in [1.165, 1.54) is 122 Å². The van der Waals surface area contributed by atoms with Crippen molar-refractivity contribution in [3.8, 4) is 6.07 Å². The zero-order chi connectivity index (χ0) is 31.8. The third-order valence-electron chi connectivity index (χ3n) is 18.5. The number of fused-ring (bicyclic) bond motifs is 12. The van der Waals surface area contributed by atoms with Crippen LogP contribution in [0.15, 0.2) is 0 Å². The Hall–Kier alpha value is -0.630. The van der Waals surface area contributed by atoms with E-state index in [2.05, 4.69) is 16.7 Å². The molecule has 10 fully saturated rings. The molecule has 3 aliphatic heterocycles. The topological polar surface area (TPSA) is 57.1 Å². The van der Waals surface area contributed by atoms with Gasteiger partial charge in [-0.15, -0.1) is 0 Å². The maximum absolute atomic E-state index is 9.51. The molecule has 266 valence electrons. The second-order valence-electron chi connectivity index (χ2n) is 19.9. The predicted molar refractivity (Wildman–Crippen MR) is 192 cm³/mol. The van der Waals surface area contributed by atoms with Gasteiger partial charge in [0, 0.05) is 36.0 Å². The van der Waals surface area contributed by atoms with Gasteiger partial charge in [-0.05, 0) is 174 Å². The van der Waals surface area contributed by atoms with E-state index >= 15 is 0 Å². The van der Waals surface area contributed by atoms with Crippen LogP contribution in [0, 0.1) is 81.8 Å². The molecule has 10 rings (SSSR count). The zero-order valence-electron chi connectivity index (χ0n) is 30.3. The first-order valence-electron chi connectivity index (χ1n) is 22.3. The van der Waals surface area contributed by atoms with Crippen molar-refractivity contribution in [1.82, 2.24) is 10.6 Å². The lowest BCUT2D eigenvalue weighted by atomic mass is 9.45. The molecule has 2 N–H and O–H groups in total. The third-order valence-corrected chi connectivity index (χ3v) is 18.5. The molecule has 15 atom stereocenters. The molecular formula is C44H69N3O. The van der Waals surface area contributed by atoms with Gasteiger partial charge >= 0.3 is 0 Å². The zero-order valence-corrected chi connectivity index (χ0v) is 30.3. The molecule has 7 saturated carbocycles. The van der Waals surface area contributed by atoms with Gasteiger partial charge in [-0.25, -0.2) is 0 Å². The van der Waals surface area contributed by atoms with Crippen LogP contribution in [-0.2, 0) is 4.74 Å². The number of rotatable bonds is 2. The van der Waals surface area contributed by atoms with Crippen LogP contribution in [0.1, 0.15) is 161 Å². The summed E-state index contributed by atoms with van der Waals surface area (Å²) < 4.78 is 7.68. The van der Waals surface area contributed by atoms with Gasteiger partial charge in [0.05, 0.1) is 18.3 Å². The van der Waals surface area contributed by atoms with Gasteiger partial charge in [0.15, 0.2) is 0 Å². The van der Waals surface area contributed by atoms with Crippen molar-refractivity contribution < 1.29 is 4.74 Å². The van der Waals surface area contributed by atoms with Crippen molar-refractivity contribution in [3.05, 3.63) is 0 Å². The molecule has 0 amide bonds. The summed E-state index contributed by atoms with van der Waals surface area (Å²) in [4.78, 5) is 0. The SMILES string of the molecule is N#CC1CCC(C2CCC3CCC4CCC(C5CCCC6C5OC5CCCCC5C65C6CCCCC6C6CCCCC65)NC4C3N2)CC1. The summed E-state index contributed by atoms with van der Waals surface area (Å²) in [5.41, 5.74) is 0.610. The van der Waals surface area contributed by atoms with E-state index < -0.39 is 0 Å². The lowest BCUT2D eigenvalue weighted by Crippen LogP contribution is -2.69. The lowest BCUT2D eigenvalue weighted by molar-refractivity contribution is -0.258. The maximum atomic E-state index is 9.51. The first-order chi connectivity index (χ1) is 23.7. The van der Waals surface area contributed by atoms with E-state index in [9.17, 15) is 5.26 Å². The van der Waals surface area contributed by atoms with E-state index in [-0.39, 0.29) is 0 Å². The van der Waals surface area contributed by atoms with Crippen LogP contribution in [0.2, 0.25) is 0 Å². The van der Waals surface area contributed by atoms with E-state index in [0.717, 1.165) is 72.0 Å². The summed E-state index contributed by atoms with van der Waals surface area (Å²) in [6.45, 7) is 0. The van der Waals surface area contributed by atoms with Gasteiger partial charge in [-0.1, -0.05) is 44.9 Å². The molecule has 4 nitrogen and oxygen atoms in total. The normalized spacial score (nSPS) is 56.4. The van der Waals surface area contributed by atoms with Crippen molar-refractivity contribution >= 4 is 0 Å². The Labute approximate surface area is 293 Å². The monoisotopic (exact) mass is 656 g/mol. The van der Waals surface area contributed by atoms with Crippen molar-refractivity contribution in [3.63, 3.8) is 0 Å². The Morgan fingerprint density at radius 2 is 0.979 bits per heavy atom. The van der Waals surface area contributed by atoms with E-state index in [0.29, 0.717) is 47.7 Å². The molecule has 3 saturated heterocycles. The fourth-order valence-electron chi connectivity index (χ4n) is 16.9. The number of hydrogen-bond donors (Lipinski definition) is 2. The number of nitrogens with zero attached hydrogens (tertiary/aromatic N) is 1. The van der Waals surface area contributed by atoms with Crippen molar-refractivity contribution in [1.29, 1.82) is 5.26 Å². The molecule has 48 heavy (non-hydrogen) atoms. The lowest BCUT2D eigenvalue weighted by Gasteiger charge is -2.65. The van der Waals surface area contributed by atoms with Crippen molar-refractivity contribution in [2.45, 2.75) is 197 Å². The van der Waals surface area contributed by atoms with E-state index in [1.54, 1.807) is 25.7 Å². The highest BCUT2D eigenvalue weighted by Crippen LogP contribution is 2.74. The molecular weight excluding hydrogens is 587 g/mol. The second-order valence-corrected chi connectivity index (χ2v) is 19.9. The maximum Gasteiger partial charge on any atom is 0.0655 e. The van der Waals surface area contributed by atoms with Crippen molar-refractivity contribution in [2.75, 3.05) is 0 Å². The largest absolute Gasteiger partial charge is 0.374 e. The van der Waals surface area contributed by atoms with Crippen LogP contribution in [-0.4, -0.2) is 36.4 Å². The standard InChI is InChI=1S/C44H69N3O/c45-26-27-16-18-28(19-17-27)38-24-22-29-20-21-30-23-25-39(47-42(30)41(29)46-38)33-10-7-14-37-43(33)48-40-15-6-5-13-36(40)44(37)34-11-3-1-8-31(34)32-9-2-4-12-35(32)44/h27-43,46-47H,1-25H2. The first-order valence-corrected chi connectivity index (χ1v) is 22.3. The number of piperidine rings is 2. The minimum Gasteiger partial charge on any atom is -0.374 e. The molecule has 0 aromatic rings. The number of nitriles is 1. The molecule has 0 bridgehead atoms. The van der Waals surface area contributed by atoms with Gasteiger partial charge in [0.1, 0.15) is 0 Å². The molecule has 3 heterocycles. The quantitative estimate of drug-likeness (QED) is 0.311. The number of ether oxygens (including phenoxy) is 1. The fourth-order valence-corrected chi connectivity index (χ4v) is 16.9. The third kappa shape index (κ3) is 5.02. The molecule has 1 spiro atoms. The van der Waals surface area contributed by atoms with Gasteiger partial charge in [-0.3, -0.25) is 0 Å². The molecule has 0 aromatic carbocycles. The van der Waals surface area contributed by atoms with Gasteiger partial charge < -0.3 is 15.4 Å². The highest BCUT2D eigenvalue weighted by atomic mass is 16.5. The summed E-state index contributed by atoms with van der Waals surface area (Å²) in [5.74, 6) is 9.45. The summed E-state index contributed by atoms with van der Waals surface area (Å²) in [6.07, 6.45) is 36.9. The van der Waals surface area contributed by atoms with Gasteiger partial charge in [-0.2, -0.15) is 5.26 Å². The minimum absolute atomic E-state index is 0.319. The van der Waals surface area contributed by atoms with Crippen LogP contribution < -0.4 is 10.6 Å². The number of hydrogen-bond acceptors (Lipinski definition) is 4. The van der Waals surface area contributed by atoms with Crippen LogP contribution in [0.5, 0.6) is 0 Å². The Balaban J connectivity index is 0.927. The molecule has 4 heteroatoms. The Kier molecular flexibility index (Phi) is 8.75. The van der Waals surface area contributed by atoms with Crippen LogP contribution in [0.3, 0.4) is 0 Å². The Morgan fingerprint density at radius 3 is 1.67 bits per heavy atom. The van der Waals surface area contributed by atoms with Gasteiger partial charge in [0.25, 0.3) is 0 Å². The van der Waals surface area contributed by atoms with Crippen LogP contribution >= 0.6 is 0 Å². The van der Waals surface area contributed by atoms with Crippen LogP contribution in [0.4, 0.5) is 0 Å². The second kappa shape index (κ2) is 13.1. The molecule has 0 aromatic heterocycles. The fraction of sp³-hybridized carbons (Fsp3) is 0.977. The summed E-state index contributed by atoms with van der Waals surface area (Å²) in [6, 6.07) is 5.26. The summed E-state index contributed by atoms with van der Waals surface area (Å²) >= 11 is 0. The smallest absolute Gasteiger partial charge is 0.0655 e. The molecule has 7 aliphatic carbocycles. The highest BCUT2D eigenvalue weighted by molar-refractivity contribution is 5.19. The predicted octanol–water partition coefficient (Wildman–Crippen LogP) is 9.57. The van der Waals surface area contributed by atoms with Crippen LogP contribution in [0.25, 0.3) is 0 Å². The molecule has 10 aliphatic rings. The number of nitrogens with one attached hydrogen (secondary N) is 2. The highest BCUT2D eigenvalue weighted by Gasteiger charge is 2.70. The van der Waals surface area contributed by atoms with Gasteiger partial charge in [0.2, 0.25) is 0 Å². The average Bonchev–Trinajstić information content (AvgIpc) is 3.45. The summed E-state index contributed by atoms with van der Waals surface area (Å²) in [7, 11) is 0. The molecule has 15 unspecified atom stereocenters. The Bertz CT molecular complexity index is 1170. The Morgan fingerprint density at radius 1 is 0.458 bits per heavy atom.